The monoisotopic (exact) mass is 298 g/mol. The quantitative estimate of drug-likeness (QED) is 0.679. The zero-order valence-electron chi connectivity index (χ0n) is 11.0. The van der Waals surface area contributed by atoms with Crippen LogP contribution in [0, 0.1) is 5.82 Å². The Kier molecular flexibility index (Phi) is 2.82. The lowest BCUT2D eigenvalue weighted by Gasteiger charge is -2.22. The number of nitrogens with zero attached hydrogens (tertiary/aromatic N) is 2. The summed E-state index contributed by atoms with van der Waals surface area (Å²) in [5.41, 5.74) is 2.63. The number of fused-ring (bicyclic) bond motifs is 3. The minimum absolute atomic E-state index is 0.0117. The molecule has 0 saturated carbocycles. The molecule has 0 radical (unpaired) electrons. The first-order chi connectivity index (χ1) is 10.2. The van der Waals surface area contributed by atoms with Crippen LogP contribution in [-0.4, -0.2) is 15.5 Å². The van der Waals surface area contributed by atoms with Crippen molar-refractivity contribution in [2.75, 3.05) is 0 Å². The average Bonchev–Trinajstić information content (AvgIpc) is 2.86. The number of benzene rings is 2. The van der Waals surface area contributed by atoms with Gasteiger partial charge in [0.1, 0.15) is 5.82 Å². The van der Waals surface area contributed by atoms with Crippen molar-refractivity contribution in [3.8, 4) is 0 Å². The molecule has 1 aliphatic rings. The molecule has 1 aromatic heterocycles. The third-order valence-electron chi connectivity index (χ3n) is 3.63. The summed E-state index contributed by atoms with van der Waals surface area (Å²) in [5, 5.41) is 0.698. The number of hydrogen-bond donors (Lipinski definition) is 0. The minimum atomic E-state index is -0.266. The van der Waals surface area contributed by atoms with Gasteiger partial charge in [-0.2, -0.15) is 0 Å². The summed E-state index contributed by atoms with van der Waals surface area (Å²) in [7, 11) is 0. The summed E-state index contributed by atoms with van der Waals surface area (Å²) in [6.45, 7) is 0. The molecule has 104 valence electrons. The predicted molar refractivity (Wildman–Crippen MR) is 80.0 cm³/mol. The molecule has 5 heteroatoms. The predicted octanol–water partition coefficient (Wildman–Crippen LogP) is 4.05. The molecule has 3 aromatic rings. The highest BCUT2D eigenvalue weighted by Gasteiger charge is 2.29. The lowest BCUT2D eigenvalue weighted by molar-refractivity contribution is 0.0891. The van der Waals surface area contributed by atoms with Crippen LogP contribution in [0.2, 0.25) is 0 Å². The van der Waals surface area contributed by atoms with Crippen molar-refractivity contribution in [3.63, 3.8) is 0 Å². The molecule has 0 spiro atoms. The fourth-order valence-corrected chi connectivity index (χ4v) is 3.84. The third kappa shape index (κ3) is 2.05. The van der Waals surface area contributed by atoms with E-state index in [-0.39, 0.29) is 17.0 Å². The number of hydrogen-bond acceptors (Lipinski definition) is 3. The van der Waals surface area contributed by atoms with E-state index in [1.165, 1.54) is 12.1 Å². The molecule has 2 heterocycles. The Labute approximate surface area is 124 Å². The van der Waals surface area contributed by atoms with Crippen LogP contribution in [0.5, 0.6) is 0 Å². The number of imidazole rings is 1. The highest BCUT2D eigenvalue weighted by Crippen LogP contribution is 2.42. The normalized spacial score (nSPS) is 18.0. The van der Waals surface area contributed by atoms with Gasteiger partial charge >= 0.3 is 0 Å². The van der Waals surface area contributed by atoms with Crippen molar-refractivity contribution in [2.24, 2.45) is 0 Å². The number of halogens is 1. The SMILES string of the molecule is O=C1C[C@@H](c2ccc(F)cc2)Sc2nc3ccccc3n21. The number of aromatic nitrogens is 2. The van der Waals surface area contributed by atoms with Gasteiger partial charge in [0, 0.05) is 11.7 Å². The highest BCUT2D eigenvalue weighted by molar-refractivity contribution is 7.99. The van der Waals surface area contributed by atoms with E-state index in [2.05, 4.69) is 4.98 Å². The minimum Gasteiger partial charge on any atom is -0.274 e. The standard InChI is InChI=1S/C16H11FN2OS/c17-11-7-5-10(6-8-11)14-9-15(20)19-13-4-2-1-3-12(13)18-16(19)21-14/h1-8,14H,9H2/t14-/m0/s1. The van der Waals surface area contributed by atoms with Gasteiger partial charge in [-0.15, -0.1) is 0 Å². The first kappa shape index (κ1) is 12.6. The maximum Gasteiger partial charge on any atom is 0.234 e. The Hall–Kier alpha value is -2.14. The smallest absolute Gasteiger partial charge is 0.234 e. The summed E-state index contributed by atoms with van der Waals surface area (Å²) >= 11 is 1.55. The Bertz CT molecular complexity index is 841. The van der Waals surface area contributed by atoms with Gasteiger partial charge in [0.2, 0.25) is 5.91 Å². The van der Waals surface area contributed by atoms with Crippen LogP contribution in [0.15, 0.2) is 53.7 Å². The zero-order chi connectivity index (χ0) is 14.4. The van der Waals surface area contributed by atoms with Gasteiger partial charge < -0.3 is 0 Å². The lowest BCUT2D eigenvalue weighted by atomic mass is 10.1. The van der Waals surface area contributed by atoms with Crippen molar-refractivity contribution >= 4 is 28.7 Å². The van der Waals surface area contributed by atoms with E-state index in [0.29, 0.717) is 11.6 Å². The lowest BCUT2D eigenvalue weighted by Crippen LogP contribution is -2.19. The first-order valence-electron chi connectivity index (χ1n) is 6.65. The molecular formula is C16H11FN2OS. The van der Waals surface area contributed by atoms with E-state index >= 15 is 0 Å². The van der Waals surface area contributed by atoms with Gasteiger partial charge in [-0.1, -0.05) is 36.0 Å². The van der Waals surface area contributed by atoms with Crippen LogP contribution in [-0.2, 0) is 0 Å². The average molecular weight is 298 g/mol. The number of carbonyl (C=O) groups excluding carboxylic acids is 1. The summed E-state index contributed by atoms with van der Waals surface area (Å²) in [6, 6.07) is 14.0. The molecular weight excluding hydrogens is 287 g/mol. The van der Waals surface area contributed by atoms with Crippen LogP contribution in [0.4, 0.5) is 4.39 Å². The van der Waals surface area contributed by atoms with Crippen molar-refractivity contribution in [3.05, 3.63) is 59.9 Å². The topological polar surface area (TPSA) is 34.9 Å². The molecule has 2 aromatic carbocycles. The van der Waals surface area contributed by atoms with E-state index < -0.39 is 0 Å². The molecule has 21 heavy (non-hydrogen) atoms. The van der Waals surface area contributed by atoms with Gasteiger partial charge in [-0.25, -0.2) is 9.37 Å². The third-order valence-corrected chi connectivity index (χ3v) is 4.84. The second-order valence-corrected chi connectivity index (χ2v) is 6.14. The molecule has 0 bridgehead atoms. The zero-order valence-corrected chi connectivity index (χ0v) is 11.8. The fraction of sp³-hybridized carbons (Fsp3) is 0.125. The van der Waals surface area contributed by atoms with Crippen molar-refractivity contribution < 1.29 is 9.18 Å². The molecule has 0 saturated heterocycles. The van der Waals surface area contributed by atoms with Crippen LogP contribution >= 0.6 is 11.8 Å². The van der Waals surface area contributed by atoms with Crippen molar-refractivity contribution in [1.29, 1.82) is 0 Å². The maximum absolute atomic E-state index is 13.0. The molecule has 0 aliphatic carbocycles. The van der Waals surface area contributed by atoms with E-state index in [1.54, 1.807) is 28.5 Å². The van der Waals surface area contributed by atoms with Gasteiger partial charge in [0.15, 0.2) is 5.16 Å². The molecule has 3 nitrogen and oxygen atoms in total. The number of carbonyl (C=O) groups is 1. The summed E-state index contributed by atoms with van der Waals surface area (Å²) in [4.78, 5) is 17.0. The van der Waals surface area contributed by atoms with E-state index in [0.717, 1.165) is 16.6 Å². The van der Waals surface area contributed by atoms with E-state index in [9.17, 15) is 9.18 Å². The number of para-hydroxylation sites is 2. The van der Waals surface area contributed by atoms with Crippen molar-refractivity contribution in [1.82, 2.24) is 9.55 Å². The summed E-state index contributed by atoms with van der Waals surface area (Å²) in [6.07, 6.45) is 0.393. The summed E-state index contributed by atoms with van der Waals surface area (Å²) < 4.78 is 14.7. The Balaban J connectivity index is 1.78. The molecule has 0 amide bonds. The van der Waals surface area contributed by atoms with Gasteiger partial charge in [0.25, 0.3) is 0 Å². The van der Waals surface area contributed by atoms with E-state index in [4.69, 9.17) is 0 Å². The Morgan fingerprint density at radius 1 is 1.14 bits per heavy atom. The van der Waals surface area contributed by atoms with Gasteiger partial charge in [-0.3, -0.25) is 9.36 Å². The molecule has 1 atom stereocenters. The van der Waals surface area contributed by atoms with E-state index in [1.807, 2.05) is 24.3 Å². The number of thioether (sulfide) groups is 1. The fourth-order valence-electron chi connectivity index (χ4n) is 2.61. The van der Waals surface area contributed by atoms with Crippen molar-refractivity contribution in [2.45, 2.75) is 16.8 Å². The van der Waals surface area contributed by atoms with Gasteiger partial charge in [0.05, 0.1) is 11.0 Å². The Morgan fingerprint density at radius 3 is 2.71 bits per heavy atom. The van der Waals surface area contributed by atoms with Crippen LogP contribution in [0.3, 0.4) is 0 Å². The maximum atomic E-state index is 13.0. The number of rotatable bonds is 1. The van der Waals surface area contributed by atoms with Gasteiger partial charge in [-0.05, 0) is 29.8 Å². The summed E-state index contributed by atoms with van der Waals surface area (Å²) in [5.74, 6) is -0.232. The largest absolute Gasteiger partial charge is 0.274 e. The molecule has 4 rings (SSSR count). The van der Waals surface area contributed by atoms with Crippen LogP contribution < -0.4 is 0 Å². The molecule has 0 unspecified atom stereocenters. The second kappa shape index (κ2) is 4.70. The van der Waals surface area contributed by atoms with Crippen LogP contribution in [0.1, 0.15) is 22.0 Å². The molecule has 0 N–H and O–H groups in total. The van der Waals surface area contributed by atoms with Crippen LogP contribution in [0.25, 0.3) is 11.0 Å². The molecule has 0 fully saturated rings. The Morgan fingerprint density at radius 2 is 1.90 bits per heavy atom. The highest BCUT2D eigenvalue weighted by atomic mass is 32.2. The molecule has 1 aliphatic heterocycles. The first-order valence-corrected chi connectivity index (χ1v) is 7.53. The second-order valence-electron chi connectivity index (χ2n) is 4.97.